The molecule has 5 aliphatic rings. The minimum absolute atomic E-state index is 0.0754. The number of aliphatic hydroxyl groups excluding tert-OH is 1. The number of carbonyl (C=O) groups excluding carboxylic acids is 1. The van der Waals surface area contributed by atoms with E-state index in [2.05, 4.69) is 31.0 Å². The van der Waals surface area contributed by atoms with Crippen LogP contribution in [-0.4, -0.2) is 61.4 Å². The lowest BCUT2D eigenvalue weighted by molar-refractivity contribution is -0.167. The van der Waals surface area contributed by atoms with Crippen molar-refractivity contribution < 1.29 is 14.6 Å². The number of rotatable bonds is 8. The molecule has 5 nitrogen and oxygen atoms in total. The maximum atomic E-state index is 11.8. The average molecular weight is 517 g/mol. The molecule has 0 aromatic carbocycles. The van der Waals surface area contributed by atoms with Gasteiger partial charge in [0, 0.05) is 25.6 Å². The fourth-order valence-corrected chi connectivity index (χ4v) is 10.6. The quantitative estimate of drug-likeness (QED) is 0.408. The summed E-state index contributed by atoms with van der Waals surface area (Å²) in [5, 5.41) is 15.6. The zero-order valence-electron chi connectivity index (χ0n) is 24.4. The molecule has 212 valence electrons. The van der Waals surface area contributed by atoms with Crippen LogP contribution >= 0.6 is 0 Å². The van der Waals surface area contributed by atoms with Crippen LogP contribution in [0.3, 0.4) is 0 Å². The van der Waals surface area contributed by atoms with Crippen LogP contribution in [0.15, 0.2) is 0 Å². The maximum absolute atomic E-state index is 11.8. The Balaban J connectivity index is 1.20. The molecular formula is C32H56N2O3. The standard InChI is InChI=1S/C32H56N2O3/c1-22(8-11-29(36)37-4)25-9-10-26-30-27(13-15-32(25,26)3)31(2)14-12-24(20-23(31)21-28(30)35)33-16-19-34-17-6-5-7-18-34/h22-28,30,33,35H,5-21H2,1-4H3/t22-,23+,24-,25-,26?,27?,28?,30?,31+,32-/m1/s1. The number of carbonyl (C=O) groups is 1. The van der Waals surface area contributed by atoms with E-state index in [1.807, 2.05) is 0 Å². The number of nitrogens with one attached hydrogen (secondary N) is 1. The van der Waals surface area contributed by atoms with Crippen LogP contribution in [-0.2, 0) is 9.53 Å². The summed E-state index contributed by atoms with van der Waals surface area (Å²) in [7, 11) is 1.50. The van der Waals surface area contributed by atoms with Crippen LogP contribution in [0.4, 0.5) is 0 Å². The van der Waals surface area contributed by atoms with Crippen LogP contribution in [0.2, 0.25) is 0 Å². The van der Waals surface area contributed by atoms with E-state index in [9.17, 15) is 9.90 Å². The molecule has 37 heavy (non-hydrogen) atoms. The van der Waals surface area contributed by atoms with Gasteiger partial charge in [0.25, 0.3) is 0 Å². The third-order valence-corrected chi connectivity index (χ3v) is 12.8. The normalized spacial score (nSPS) is 44.9. The van der Waals surface area contributed by atoms with E-state index in [0.29, 0.717) is 58.8 Å². The Bertz CT molecular complexity index is 784. The summed E-state index contributed by atoms with van der Waals surface area (Å²) in [6.45, 7) is 12.4. The Morgan fingerprint density at radius 3 is 2.51 bits per heavy atom. The minimum Gasteiger partial charge on any atom is -0.469 e. The second-order valence-corrected chi connectivity index (χ2v) is 14.4. The van der Waals surface area contributed by atoms with Gasteiger partial charge in [-0.3, -0.25) is 4.79 Å². The van der Waals surface area contributed by atoms with E-state index in [1.54, 1.807) is 0 Å². The second kappa shape index (κ2) is 11.5. The summed E-state index contributed by atoms with van der Waals surface area (Å²) in [5.41, 5.74) is 0.707. The fourth-order valence-electron chi connectivity index (χ4n) is 10.6. The van der Waals surface area contributed by atoms with Gasteiger partial charge in [-0.25, -0.2) is 0 Å². The molecule has 0 aromatic heterocycles. The Hall–Kier alpha value is -0.650. The zero-order chi connectivity index (χ0) is 26.2. The molecule has 4 saturated carbocycles. The predicted molar refractivity (Wildman–Crippen MR) is 149 cm³/mol. The lowest BCUT2D eigenvalue weighted by Crippen LogP contribution is -2.59. The van der Waals surface area contributed by atoms with Gasteiger partial charge in [-0.2, -0.15) is 0 Å². The highest BCUT2D eigenvalue weighted by molar-refractivity contribution is 5.69. The van der Waals surface area contributed by atoms with Crippen molar-refractivity contribution in [2.75, 3.05) is 33.3 Å². The molecule has 4 unspecified atom stereocenters. The first kappa shape index (κ1) is 27.9. The molecule has 5 fully saturated rings. The van der Waals surface area contributed by atoms with Crippen molar-refractivity contribution in [3.63, 3.8) is 0 Å². The number of likely N-dealkylation sites (tertiary alicyclic amines) is 1. The number of methoxy groups -OCH3 is 1. The van der Waals surface area contributed by atoms with Crippen molar-refractivity contribution in [2.24, 2.45) is 46.3 Å². The topological polar surface area (TPSA) is 61.8 Å². The Morgan fingerprint density at radius 1 is 1.03 bits per heavy atom. The molecule has 10 atom stereocenters. The number of hydrogen-bond acceptors (Lipinski definition) is 5. The lowest BCUT2D eigenvalue weighted by atomic mass is 9.43. The molecule has 2 N–H and O–H groups in total. The summed E-state index contributed by atoms with van der Waals surface area (Å²) in [6.07, 6.45) is 15.5. The monoisotopic (exact) mass is 516 g/mol. The number of esters is 1. The van der Waals surface area contributed by atoms with Crippen LogP contribution < -0.4 is 5.32 Å². The first-order valence-corrected chi connectivity index (χ1v) is 16.0. The summed E-state index contributed by atoms with van der Waals surface area (Å²) in [6, 6.07) is 0.631. The summed E-state index contributed by atoms with van der Waals surface area (Å²) in [5.74, 6) is 3.59. The van der Waals surface area contributed by atoms with Crippen molar-refractivity contribution in [3.8, 4) is 0 Å². The van der Waals surface area contributed by atoms with E-state index in [0.717, 1.165) is 19.4 Å². The minimum atomic E-state index is -0.135. The molecule has 5 heteroatoms. The van der Waals surface area contributed by atoms with E-state index < -0.39 is 0 Å². The number of piperidine rings is 1. The largest absolute Gasteiger partial charge is 0.469 e. The molecule has 0 radical (unpaired) electrons. The molecular weight excluding hydrogens is 460 g/mol. The molecule has 0 amide bonds. The Kier molecular flexibility index (Phi) is 8.64. The van der Waals surface area contributed by atoms with Gasteiger partial charge in [0.15, 0.2) is 0 Å². The number of hydrogen-bond donors (Lipinski definition) is 2. The number of ether oxygens (including phenoxy) is 1. The number of aliphatic hydroxyl groups is 1. The van der Waals surface area contributed by atoms with Gasteiger partial charge >= 0.3 is 5.97 Å². The van der Waals surface area contributed by atoms with Crippen LogP contribution in [0.25, 0.3) is 0 Å². The van der Waals surface area contributed by atoms with Crippen molar-refractivity contribution in [3.05, 3.63) is 0 Å². The van der Waals surface area contributed by atoms with Gasteiger partial charge in [-0.15, -0.1) is 0 Å². The van der Waals surface area contributed by atoms with E-state index in [4.69, 9.17) is 4.74 Å². The Morgan fingerprint density at radius 2 is 1.76 bits per heavy atom. The van der Waals surface area contributed by atoms with E-state index in [1.165, 1.54) is 91.0 Å². The predicted octanol–water partition coefficient (Wildman–Crippen LogP) is 5.65. The fraction of sp³-hybridized carbons (Fsp3) is 0.969. The molecule has 1 aliphatic heterocycles. The van der Waals surface area contributed by atoms with Crippen molar-refractivity contribution >= 4 is 5.97 Å². The average Bonchev–Trinajstić information content (AvgIpc) is 3.25. The highest BCUT2D eigenvalue weighted by atomic mass is 16.5. The second-order valence-electron chi connectivity index (χ2n) is 14.4. The van der Waals surface area contributed by atoms with Crippen LogP contribution in [0, 0.1) is 46.3 Å². The SMILES string of the molecule is COC(=O)CC[C@@H](C)[C@H]1CCC2C3C(O)C[C@@H]4C[C@H](NCCN5CCCCC5)CC[C@]4(C)C3CC[C@@]21C. The number of fused-ring (bicyclic) bond motifs is 5. The highest BCUT2D eigenvalue weighted by Gasteiger charge is 2.62. The van der Waals surface area contributed by atoms with Gasteiger partial charge in [0.1, 0.15) is 0 Å². The van der Waals surface area contributed by atoms with Crippen LogP contribution in [0.1, 0.15) is 104 Å². The third-order valence-electron chi connectivity index (χ3n) is 12.8. The molecule has 0 aromatic rings. The van der Waals surface area contributed by atoms with Crippen molar-refractivity contribution in [1.29, 1.82) is 0 Å². The van der Waals surface area contributed by atoms with Gasteiger partial charge in [0.2, 0.25) is 0 Å². The number of nitrogens with zero attached hydrogens (tertiary/aromatic N) is 1. The van der Waals surface area contributed by atoms with Crippen molar-refractivity contribution in [2.45, 2.75) is 116 Å². The first-order valence-electron chi connectivity index (χ1n) is 16.0. The van der Waals surface area contributed by atoms with Crippen LogP contribution in [0.5, 0.6) is 0 Å². The van der Waals surface area contributed by atoms with E-state index in [-0.39, 0.29) is 12.1 Å². The van der Waals surface area contributed by atoms with Crippen molar-refractivity contribution in [1.82, 2.24) is 10.2 Å². The van der Waals surface area contributed by atoms with E-state index >= 15 is 0 Å². The Labute approximate surface area is 226 Å². The summed E-state index contributed by atoms with van der Waals surface area (Å²) >= 11 is 0. The first-order chi connectivity index (χ1) is 17.8. The zero-order valence-corrected chi connectivity index (χ0v) is 24.4. The highest BCUT2D eigenvalue weighted by Crippen LogP contribution is 2.68. The summed E-state index contributed by atoms with van der Waals surface area (Å²) in [4.78, 5) is 14.4. The van der Waals surface area contributed by atoms with Gasteiger partial charge in [0.05, 0.1) is 13.2 Å². The molecule has 0 spiro atoms. The van der Waals surface area contributed by atoms with Gasteiger partial charge in [-0.1, -0.05) is 27.2 Å². The summed E-state index contributed by atoms with van der Waals surface area (Å²) < 4.78 is 4.92. The smallest absolute Gasteiger partial charge is 0.305 e. The lowest BCUT2D eigenvalue weighted by Gasteiger charge is -2.62. The molecule has 0 bridgehead atoms. The molecule has 1 saturated heterocycles. The molecule has 1 heterocycles. The maximum Gasteiger partial charge on any atom is 0.305 e. The van der Waals surface area contributed by atoms with Gasteiger partial charge in [-0.05, 0) is 130 Å². The third kappa shape index (κ3) is 5.40. The molecule has 5 rings (SSSR count). The van der Waals surface area contributed by atoms with Gasteiger partial charge < -0.3 is 20.1 Å². The molecule has 4 aliphatic carbocycles.